The molecule has 0 radical (unpaired) electrons. The van der Waals surface area contributed by atoms with E-state index >= 15 is 0 Å². The average Bonchev–Trinajstić information content (AvgIpc) is 3.15. The lowest BCUT2D eigenvalue weighted by Gasteiger charge is -2.21. The van der Waals surface area contributed by atoms with E-state index in [0.29, 0.717) is 35.6 Å². The smallest absolute Gasteiger partial charge is 0.263 e. The van der Waals surface area contributed by atoms with Crippen LogP contribution >= 0.6 is 11.3 Å². The molecular formula is C22H30N2O4S. The first kappa shape index (κ1) is 21.6. The van der Waals surface area contributed by atoms with E-state index < -0.39 is 0 Å². The highest BCUT2D eigenvalue weighted by atomic mass is 32.1. The molecule has 2 aromatic rings. The molecule has 0 atom stereocenters. The molecule has 1 amide bonds. The van der Waals surface area contributed by atoms with E-state index in [4.69, 9.17) is 14.2 Å². The number of aromatic nitrogens is 1. The predicted molar refractivity (Wildman–Crippen MR) is 115 cm³/mol. The second kappa shape index (κ2) is 10.6. The molecule has 7 heteroatoms. The van der Waals surface area contributed by atoms with Crippen molar-refractivity contribution in [3.63, 3.8) is 0 Å². The Labute approximate surface area is 176 Å². The first-order chi connectivity index (χ1) is 14.1. The number of rotatable bonds is 9. The van der Waals surface area contributed by atoms with E-state index in [-0.39, 0.29) is 5.91 Å². The normalized spacial score (nSPS) is 14.6. The summed E-state index contributed by atoms with van der Waals surface area (Å²) in [7, 11) is 3.21. The summed E-state index contributed by atoms with van der Waals surface area (Å²) >= 11 is 1.39. The number of carbonyl (C=O) groups is 1. The van der Waals surface area contributed by atoms with Gasteiger partial charge in [0.05, 0.1) is 26.0 Å². The summed E-state index contributed by atoms with van der Waals surface area (Å²) in [6.45, 7) is 3.17. The zero-order valence-corrected chi connectivity index (χ0v) is 18.3. The van der Waals surface area contributed by atoms with Crippen molar-refractivity contribution in [3.05, 3.63) is 28.8 Å². The lowest BCUT2D eigenvalue weighted by molar-refractivity contribution is 0.0273. The van der Waals surface area contributed by atoms with Gasteiger partial charge in [-0.2, -0.15) is 0 Å². The molecule has 1 aromatic heterocycles. The fourth-order valence-corrected chi connectivity index (χ4v) is 4.51. The average molecular weight is 419 g/mol. The van der Waals surface area contributed by atoms with Gasteiger partial charge in [0.2, 0.25) is 0 Å². The second-order valence-corrected chi connectivity index (χ2v) is 8.24. The summed E-state index contributed by atoms with van der Waals surface area (Å²) in [5.74, 6) is 1.23. The summed E-state index contributed by atoms with van der Waals surface area (Å²) in [4.78, 5) is 17.8. The van der Waals surface area contributed by atoms with Crippen molar-refractivity contribution in [3.8, 4) is 22.1 Å². The zero-order valence-electron chi connectivity index (χ0n) is 17.5. The summed E-state index contributed by atoms with van der Waals surface area (Å²) in [6.07, 6.45) is 7.45. The molecule has 1 aliphatic carbocycles. The standard InChI is InChI=1S/C22H30N2O4S/c1-15-20(21(25)23-12-7-13-28-17-8-5-4-6-9-17)29-22(24-15)16-10-11-18(26-2)19(14-16)27-3/h10-11,14,17H,4-9,12-13H2,1-3H3,(H,23,25). The Kier molecular flexibility index (Phi) is 7.89. The SMILES string of the molecule is COc1ccc(-c2nc(C)c(C(=O)NCCCOC3CCCCC3)s2)cc1OC. The van der Waals surface area contributed by atoms with Crippen LogP contribution in [0.25, 0.3) is 10.6 Å². The van der Waals surface area contributed by atoms with Crippen molar-refractivity contribution in [1.82, 2.24) is 10.3 Å². The van der Waals surface area contributed by atoms with Gasteiger partial charge in [0.25, 0.3) is 5.91 Å². The Morgan fingerprint density at radius 2 is 1.93 bits per heavy atom. The molecule has 6 nitrogen and oxygen atoms in total. The minimum Gasteiger partial charge on any atom is -0.493 e. The molecule has 0 saturated heterocycles. The third-order valence-electron chi connectivity index (χ3n) is 5.15. The molecule has 0 unspecified atom stereocenters. The number of hydrogen-bond donors (Lipinski definition) is 1. The maximum Gasteiger partial charge on any atom is 0.263 e. The van der Waals surface area contributed by atoms with Crippen LogP contribution in [0.4, 0.5) is 0 Å². The molecule has 3 rings (SSSR count). The summed E-state index contributed by atoms with van der Waals surface area (Å²) in [5, 5.41) is 3.78. The van der Waals surface area contributed by atoms with Crippen molar-refractivity contribution in [2.24, 2.45) is 0 Å². The van der Waals surface area contributed by atoms with Gasteiger partial charge >= 0.3 is 0 Å². The van der Waals surface area contributed by atoms with Crippen LogP contribution in [0.2, 0.25) is 0 Å². The Morgan fingerprint density at radius 3 is 2.66 bits per heavy atom. The molecule has 1 heterocycles. The Morgan fingerprint density at radius 1 is 1.17 bits per heavy atom. The highest BCUT2D eigenvalue weighted by molar-refractivity contribution is 7.17. The number of nitrogens with one attached hydrogen (secondary N) is 1. The van der Waals surface area contributed by atoms with Gasteiger partial charge in [0, 0.05) is 18.7 Å². The largest absolute Gasteiger partial charge is 0.493 e. The molecule has 158 valence electrons. The number of benzene rings is 1. The van der Waals surface area contributed by atoms with E-state index in [2.05, 4.69) is 10.3 Å². The van der Waals surface area contributed by atoms with Crippen molar-refractivity contribution in [2.75, 3.05) is 27.4 Å². The Bertz CT molecular complexity index is 815. The van der Waals surface area contributed by atoms with Crippen LogP contribution in [0.1, 0.15) is 53.9 Å². The van der Waals surface area contributed by atoms with Crippen molar-refractivity contribution in [2.45, 2.75) is 51.6 Å². The number of methoxy groups -OCH3 is 2. The van der Waals surface area contributed by atoms with E-state index in [1.165, 1.54) is 43.4 Å². The maximum absolute atomic E-state index is 12.6. The van der Waals surface area contributed by atoms with E-state index in [1.807, 2.05) is 25.1 Å². The quantitative estimate of drug-likeness (QED) is 0.603. The summed E-state index contributed by atoms with van der Waals surface area (Å²) < 4.78 is 16.6. The fraction of sp³-hybridized carbons (Fsp3) is 0.545. The molecule has 0 spiro atoms. The monoisotopic (exact) mass is 418 g/mol. The number of ether oxygens (including phenoxy) is 3. The molecule has 1 N–H and O–H groups in total. The molecular weight excluding hydrogens is 388 g/mol. The molecule has 1 aliphatic rings. The van der Waals surface area contributed by atoms with Crippen LogP contribution in [0.3, 0.4) is 0 Å². The number of thiazole rings is 1. The Balaban J connectivity index is 1.53. The van der Waals surface area contributed by atoms with Crippen LogP contribution in [-0.2, 0) is 4.74 Å². The van der Waals surface area contributed by atoms with Gasteiger partial charge in [0.15, 0.2) is 11.5 Å². The van der Waals surface area contributed by atoms with Crippen molar-refractivity contribution < 1.29 is 19.0 Å². The third kappa shape index (κ3) is 5.70. The van der Waals surface area contributed by atoms with Gasteiger partial charge in [-0.3, -0.25) is 4.79 Å². The second-order valence-electron chi connectivity index (χ2n) is 7.24. The van der Waals surface area contributed by atoms with Gasteiger partial charge < -0.3 is 19.5 Å². The molecule has 1 fully saturated rings. The molecule has 0 aliphatic heterocycles. The summed E-state index contributed by atoms with van der Waals surface area (Å²) in [5.41, 5.74) is 1.63. The van der Waals surface area contributed by atoms with Gasteiger partial charge in [-0.15, -0.1) is 11.3 Å². The first-order valence-electron chi connectivity index (χ1n) is 10.2. The number of carbonyl (C=O) groups excluding carboxylic acids is 1. The lowest BCUT2D eigenvalue weighted by Crippen LogP contribution is -2.26. The summed E-state index contributed by atoms with van der Waals surface area (Å²) in [6, 6.07) is 5.64. The maximum atomic E-state index is 12.6. The Hall–Kier alpha value is -2.12. The third-order valence-corrected chi connectivity index (χ3v) is 6.35. The molecule has 1 aromatic carbocycles. The molecule has 29 heavy (non-hydrogen) atoms. The zero-order chi connectivity index (χ0) is 20.6. The number of amides is 1. The topological polar surface area (TPSA) is 69.7 Å². The van der Waals surface area contributed by atoms with Gasteiger partial charge in [0.1, 0.15) is 9.88 Å². The predicted octanol–water partition coefficient (Wildman–Crippen LogP) is 4.60. The van der Waals surface area contributed by atoms with E-state index in [9.17, 15) is 4.79 Å². The van der Waals surface area contributed by atoms with Gasteiger partial charge in [-0.05, 0) is 44.4 Å². The number of nitrogens with zero attached hydrogens (tertiary/aromatic N) is 1. The lowest BCUT2D eigenvalue weighted by atomic mass is 9.98. The fourth-order valence-electron chi connectivity index (χ4n) is 3.54. The van der Waals surface area contributed by atoms with E-state index in [0.717, 1.165) is 22.7 Å². The highest BCUT2D eigenvalue weighted by Gasteiger charge is 2.17. The molecule has 0 bridgehead atoms. The van der Waals surface area contributed by atoms with Crippen molar-refractivity contribution in [1.29, 1.82) is 0 Å². The van der Waals surface area contributed by atoms with E-state index in [1.54, 1.807) is 14.2 Å². The van der Waals surface area contributed by atoms with Crippen LogP contribution in [0.5, 0.6) is 11.5 Å². The number of aryl methyl sites for hydroxylation is 1. The van der Waals surface area contributed by atoms with Crippen molar-refractivity contribution >= 4 is 17.2 Å². The van der Waals surface area contributed by atoms with Crippen LogP contribution < -0.4 is 14.8 Å². The number of hydrogen-bond acceptors (Lipinski definition) is 6. The van der Waals surface area contributed by atoms with Crippen LogP contribution in [0.15, 0.2) is 18.2 Å². The minimum atomic E-state index is -0.0793. The first-order valence-corrected chi connectivity index (χ1v) is 11.0. The molecule has 1 saturated carbocycles. The van der Waals surface area contributed by atoms with Gasteiger partial charge in [-0.25, -0.2) is 4.98 Å². The van der Waals surface area contributed by atoms with Gasteiger partial charge in [-0.1, -0.05) is 19.3 Å². The van der Waals surface area contributed by atoms with Crippen LogP contribution in [0, 0.1) is 6.92 Å². The highest BCUT2D eigenvalue weighted by Crippen LogP contribution is 2.35. The minimum absolute atomic E-state index is 0.0793. The van der Waals surface area contributed by atoms with Crippen LogP contribution in [-0.4, -0.2) is 44.4 Å².